The first-order valence-electron chi connectivity index (χ1n) is 7.65. The molecule has 1 saturated heterocycles. The normalized spacial score (nSPS) is 14.5. The van der Waals surface area contributed by atoms with E-state index < -0.39 is 5.97 Å². The molecule has 0 aliphatic carbocycles. The Balaban J connectivity index is 2.16. The number of anilines is 2. The molecule has 2 aromatic rings. The maximum absolute atomic E-state index is 11.0. The third-order valence-electron chi connectivity index (χ3n) is 4.20. The molecule has 0 atom stereocenters. The largest absolute Gasteiger partial charge is 0.480 e. The van der Waals surface area contributed by atoms with E-state index in [1.165, 1.54) is 18.5 Å². The van der Waals surface area contributed by atoms with Crippen LogP contribution in [0, 0.1) is 6.92 Å². The number of aryl methyl sites for hydroxylation is 1. The fraction of sp³-hybridized carbons (Fsp3) is 0.412. The van der Waals surface area contributed by atoms with Crippen LogP contribution in [-0.2, 0) is 4.79 Å². The molecule has 1 N–H and O–H groups in total. The highest BCUT2D eigenvalue weighted by atomic mass is 16.4. The minimum atomic E-state index is -0.852. The molecule has 1 aliphatic heterocycles. The fourth-order valence-electron chi connectivity index (χ4n) is 3.26. The lowest BCUT2D eigenvalue weighted by Gasteiger charge is -2.25. The van der Waals surface area contributed by atoms with Crippen molar-refractivity contribution < 1.29 is 9.90 Å². The third-order valence-corrected chi connectivity index (χ3v) is 4.20. The van der Waals surface area contributed by atoms with Crippen LogP contribution < -0.4 is 9.80 Å². The number of carboxylic acids is 1. The van der Waals surface area contributed by atoms with E-state index in [-0.39, 0.29) is 6.54 Å². The average molecular weight is 299 g/mol. The summed E-state index contributed by atoms with van der Waals surface area (Å²) in [7, 11) is 1.78. The number of rotatable bonds is 4. The van der Waals surface area contributed by atoms with Gasteiger partial charge in [-0.1, -0.05) is 24.3 Å². The van der Waals surface area contributed by atoms with E-state index in [9.17, 15) is 4.79 Å². The van der Waals surface area contributed by atoms with Gasteiger partial charge >= 0.3 is 5.97 Å². The zero-order valence-corrected chi connectivity index (χ0v) is 13.0. The number of benzene rings is 1. The number of hydrogen-bond acceptors (Lipinski definition) is 4. The van der Waals surface area contributed by atoms with Crippen molar-refractivity contribution >= 4 is 28.2 Å². The Morgan fingerprint density at radius 1 is 1.27 bits per heavy atom. The third kappa shape index (κ3) is 2.58. The van der Waals surface area contributed by atoms with Crippen molar-refractivity contribution in [3.63, 3.8) is 0 Å². The smallest absolute Gasteiger partial charge is 0.323 e. The second kappa shape index (κ2) is 5.83. The number of pyridine rings is 1. The van der Waals surface area contributed by atoms with Crippen molar-refractivity contribution in [1.29, 1.82) is 0 Å². The number of carboxylic acid groups (broad SMARTS) is 1. The molecule has 1 aliphatic rings. The first kappa shape index (κ1) is 14.6. The summed E-state index contributed by atoms with van der Waals surface area (Å²) in [5, 5.41) is 11.2. The number of carbonyl (C=O) groups is 1. The second-order valence-corrected chi connectivity index (χ2v) is 5.86. The number of aliphatic carboxylic acids is 1. The predicted molar refractivity (Wildman–Crippen MR) is 88.8 cm³/mol. The molecule has 2 heterocycles. The quantitative estimate of drug-likeness (QED) is 0.940. The molecule has 0 spiro atoms. The highest BCUT2D eigenvalue weighted by molar-refractivity contribution is 6.02. The maximum atomic E-state index is 11.0. The van der Waals surface area contributed by atoms with Crippen LogP contribution in [0.3, 0.4) is 0 Å². The summed E-state index contributed by atoms with van der Waals surface area (Å²) in [6.45, 7) is 4.09. The highest BCUT2D eigenvalue weighted by Crippen LogP contribution is 2.36. The topological polar surface area (TPSA) is 56.7 Å². The first-order chi connectivity index (χ1) is 10.6. The molecule has 0 saturated carbocycles. The number of nitrogens with zero attached hydrogens (tertiary/aromatic N) is 3. The van der Waals surface area contributed by atoms with Gasteiger partial charge in [0.1, 0.15) is 12.4 Å². The van der Waals surface area contributed by atoms with Gasteiger partial charge in [0.25, 0.3) is 0 Å². The molecule has 0 amide bonds. The first-order valence-corrected chi connectivity index (χ1v) is 7.65. The molecule has 1 aromatic heterocycles. The Hall–Kier alpha value is -2.30. The summed E-state index contributed by atoms with van der Waals surface area (Å²) in [6, 6.07) is 8.14. The Bertz CT molecular complexity index is 708. The fourth-order valence-corrected chi connectivity index (χ4v) is 3.26. The monoisotopic (exact) mass is 299 g/mol. The SMILES string of the molecule is Cc1nc(N(C)CC(=O)O)c2ccccc2c1N1CCCC1. The molecule has 116 valence electrons. The summed E-state index contributed by atoms with van der Waals surface area (Å²) in [6.07, 6.45) is 2.43. The number of aromatic nitrogens is 1. The minimum absolute atomic E-state index is 0.0561. The molecule has 0 radical (unpaired) electrons. The van der Waals surface area contributed by atoms with Gasteiger partial charge in [0.15, 0.2) is 0 Å². The summed E-state index contributed by atoms with van der Waals surface area (Å²) in [4.78, 5) is 19.8. The van der Waals surface area contributed by atoms with E-state index in [4.69, 9.17) is 10.1 Å². The van der Waals surface area contributed by atoms with Crippen LogP contribution in [0.2, 0.25) is 0 Å². The average Bonchev–Trinajstić information content (AvgIpc) is 2.99. The van der Waals surface area contributed by atoms with Gasteiger partial charge in [-0.3, -0.25) is 4.79 Å². The lowest BCUT2D eigenvalue weighted by Crippen LogP contribution is -2.27. The van der Waals surface area contributed by atoms with Crippen molar-refractivity contribution in [2.75, 3.05) is 36.5 Å². The number of fused-ring (bicyclic) bond motifs is 1. The Labute approximate surface area is 130 Å². The zero-order chi connectivity index (χ0) is 15.7. The van der Waals surface area contributed by atoms with E-state index in [0.717, 1.165) is 35.4 Å². The van der Waals surface area contributed by atoms with Gasteiger partial charge in [-0.2, -0.15) is 0 Å². The Morgan fingerprint density at radius 2 is 1.91 bits per heavy atom. The molecule has 5 heteroatoms. The van der Waals surface area contributed by atoms with Crippen LogP contribution >= 0.6 is 0 Å². The second-order valence-electron chi connectivity index (χ2n) is 5.86. The molecular weight excluding hydrogens is 278 g/mol. The predicted octanol–water partition coefficient (Wildman–Crippen LogP) is 2.66. The van der Waals surface area contributed by atoms with Gasteiger partial charge in [0, 0.05) is 30.9 Å². The van der Waals surface area contributed by atoms with Gasteiger partial charge in [0.2, 0.25) is 0 Å². The van der Waals surface area contributed by atoms with Gasteiger partial charge in [0.05, 0.1) is 11.4 Å². The Morgan fingerprint density at radius 3 is 2.55 bits per heavy atom. The van der Waals surface area contributed by atoms with Crippen molar-refractivity contribution in [3.05, 3.63) is 30.0 Å². The van der Waals surface area contributed by atoms with E-state index in [1.807, 2.05) is 25.1 Å². The van der Waals surface area contributed by atoms with Gasteiger partial charge < -0.3 is 14.9 Å². The lowest BCUT2D eigenvalue weighted by atomic mass is 10.1. The van der Waals surface area contributed by atoms with Crippen molar-refractivity contribution in [2.45, 2.75) is 19.8 Å². The van der Waals surface area contributed by atoms with E-state index in [2.05, 4.69) is 11.0 Å². The maximum Gasteiger partial charge on any atom is 0.323 e. The van der Waals surface area contributed by atoms with Crippen LogP contribution in [-0.4, -0.2) is 42.7 Å². The van der Waals surface area contributed by atoms with Gasteiger partial charge in [-0.05, 0) is 19.8 Å². The minimum Gasteiger partial charge on any atom is -0.480 e. The zero-order valence-electron chi connectivity index (χ0n) is 13.0. The van der Waals surface area contributed by atoms with Crippen LogP contribution in [0.4, 0.5) is 11.5 Å². The van der Waals surface area contributed by atoms with Gasteiger partial charge in [-0.15, -0.1) is 0 Å². The van der Waals surface area contributed by atoms with Crippen molar-refractivity contribution in [1.82, 2.24) is 4.98 Å². The number of hydrogen-bond donors (Lipinski definition) is 1. The molecule has 0 unspecified atom stereocenters. The van der Waals surface area contributed by atoms with E-state index >= 15 is 0 Å². The van der Waals surface area contributed by atoms with Gasteiger partial charge in [-0.25, -0.2) is 4.98 Å². The van der Waals surface area contributed by atoms with Crippen LogP contribution in [0.1, 0.15) is 18.5 Å². The van der Waals surface area contributed by atoms with Crippen LogP contribution in [0.15, 0.2) is 24.3 Å². The summed E-state index contributed by atoms with van der Waals surface area (Å²) in [5.74, 6) is -0.117. The van der Waals surface area contributed by atoms with Crippen LogP contribution in [0.5, 0.6) is 0 Å². The van der Waals surface area contributed by atoms with E-state index in [0.29, 0.717) is 0 Å². The molecular formula is C17H21N3O2. The highest BCUT2D eigenvalue weighted by Gasteiger charge is 2.21. The molecule has 3 rings (SSSR count). The van der Waals surface area contributed by atoms with E-state index in [1.54, 1.807) is 11.9 Å². The lowest BCUT2D eigenvalue weighted by molar-refractivity contribution is -0.135. The van der Waals surface area contributed by atoms with Crippen molar-refractivity contribution in [2.24, 2.45) is 0 Å². The van der Waals surface area contributed by atoms with Crippen LogP contribution in [0.25, 0.3) is 10.8 Å². The molecule has 5 nitrogen and oxygen atoms in total. The molecule has 0 bridgehead atoms. The Kier molecular flexibility index (Phi) is 3.88. The molecule has 1 fully saturated rings. The summed E-state index contributed by atoms with van der Waals surface area (Å²) >= 11 is 0. The van der Waals surface area contributed by atoms with Crippen molar-refractivity contribution in [3.8, 4) is 0 Å². The standard InChI is InChI=1S/C17H21N3O2/c1-12-16(20-9-5-6-10-20)13-7-3-4-8-14(13)17(18-12)19(2)11-15(21)22/h3-4,7-8H,5-6,9-11H2,1-2H3,(H,21,22). The molecule has 1 aromatic carbocycles. The molecule has 22 heavy (non-hydrogen) atoms. The summed E-state index contributed by atoms with van der Waals surface area (Å²) < 4.78 is 0. The summed E-state index contributed by atoms with van der Waals surface area (Å²) in [5.41, 5.74) is 2.16. The number of likely N-dealkylation sites (N-methyl/N-ethyl adjacent to an activating group) is 1.